The van der Waals surface area contributed by atoms with Gasteiger partial charge in [0.05, 0.1) is 5.54 Å². The fraction of sp³-hybridized carbons (Fsp3) is 0.882. The van der Waals surface area contributed by atoms with E-state index in [2.05, 4.69) is 33.3 Å². The van der Waals surface area contributed by atoms with Crippen molar-refractivity contribution in [2.24, 2.45) is 10.2 Å². The summed E-state index contributed by atoms with van der Waals surface area (Å²) >= 11 is 5.17. The van der Waals surface area contributed by atoms with Gasteiger partial charge in [0, 0.05) is 6.42 Å². The molecule has 0 saturated heterocycles. The van der Waals surface area contributed by atoms with Crippen LogP contribution >= 0.6 is 12.2 Å². The molecule has 0 heterocycles. The van der Waals surface area contributed by atoms with Crippen molar-refractivity contribution in [2.45, 2.75) is 97.7 Å². The maximum absolute atomic E-state index is 11.8. The van der Waals surface area contributed by atoms with Gasteiger partial charge in [0.25, 0.3) is 0 Å². The van der Waals surface area contributed by atoms with Crippen molar-refractivity contribution in [1.82, 2.24) is 16.2 Å². The average molecular weight is 358 g/mol. The van der Waals surface area contributed by atoms with Crippen LogP contribution in [0.15, 0.2) is 10.2 Å². The minimum absolute atomic E-state index is 0.0521. The van der Waals surface area contributed by atoms with Crippen LogP contribution in [0.1, 0.15) is 86.5 Å². The maximum atomic E-state index is 11.8. The molecule has 0 bridgehead atoms. The molecule has 0 spiro atoms. The molecule has 0 aromatic rings. The number of azo groups is 1. The lowest BCUT2D eigenvalue weighted by molar-refractivity contribution is -0.121. The SMILES string of the molecule is CCCCCCCCC(=O)NNC(=S)NC(C)(C)/N=N/C(C)(C)C. The van der Waals surface area contributed by atoms with Gasteiger partial charge >= 0.3 is 0 Å². The first kappa shape index (κ1) is 22.8. The molecule has 0 saturated carbocycles. The van der Waals surface area contributed by atoms with E-state index in [0.29, 0.717) is 11.5 Å². The largest absolute Gasteiger partial charge is 0.336 e. The number of rotatable bonds is 9. The number of unbranched alkanes of at least 4 members (excludes halogenated alkanes) is 5. The van der Waals surface area contributed by atoms with Gasteiger partial charge in [-0.05, 0) is 53.3 Å². The summed E-state index contributed by atoms with van der Waals surface area (Å²) in [5.41, 5.74) is 4.46. The highest BCUT2D eigenvalue weighted by Crippen LogP contribution is 2.12. The van der Waals surface area contributed by atoms with Crippen molar-refractivity contribution < 1.29 is 4.79 Å². The van der Waals surface area contributed by atoms with Crippen molar-refractivity contribution in [3.63, 3.8) is 0 Å². The van der Waals surface area contributed by atoms with E-state index in [0.717, 1.165) is 12.8 Å². The molecule has 0 atom stereocenters. The van der Waals surface area contributed by atoms with E-state index in [4.69, 9.17) is 12.2 Å². The second-order valence-electron chi connectivity index (χ2n) is 7.57. The van der Waals surface area contributed by atoms with E-state index in [-0.39, 0.29) is 11.4 Å². The van der Waals surface area contributed by atoms with Gasteiger partial charge in [0.2, 0.25) is 5.91 Å². The van der Waals surface area contributed by atoms with Crippen molar-refractivity contribution in [2.75, 3.05) is 0 Å². The molecule has 1 amide bonds. The topological polar surface area (TPSA) is 77.9 Å². The van der Waals surface area contributed by atoms with E-state index >= 15 is 0 Å². The first-order chi connectivity index (χ1) is 11.1. The number of hydrazine groups is 1. The Bertz CT molecular complexity index is 416. The molecule has 7 heteroatoms. The quantitative estimate of drug-likeness (QED) is 0.250. The molecule has 140 valence electrons. The third kappa shape index (κ3) is 14.4. The molecular weight excluding hydrogens is 322 g/mol. The van der Waals surface area contributed by atoms with Crippen LogP contribution in [0.3, 0.4) is 0 Å². The Morgan fingerprint density at radius 2 is 1.50 bits per heavy atom. The van der Waals surface area contributed by atoms with Gasteiger partial charge in [-0.1, -0.05) is 39.0 Å². The molecule has 0 aliphatic carbocycles. The van der Waals surface area contributed by atoms with Crippen LogP contribution in [0.4, 0.5) is 0 Å². The fourth-order valence-electron chi connectivity index (χ4n) is 1.86. The molecule has 3 N–H and O–H groups in total. The summed E-state index contributed by atoms with van der Waals surface area (Å²) in [4.78, 5) is 11.8. The molecule has 0 aromatic carbocycles. The molecule has 0 unspecified atom stereocenters. The van der Waals surface area contributed by atoms with E-state index in [9.17, 15) is 4.79 Å². The minimum Gasteiger partial charge on any atom is -0.336 e. The highest BCUT2D eigenvalue weighted by molar-refractivity contribution is 7.80. The van der Waals surface area contributed by atoms with Gasteiger partial charge in [-0.3, -0.25) is 15.6 Å². The van der Waals surface area contributed by atoms with E-state index in [1.54, 1.807) is 0 Å². The van der Waals surface area contributed by atoms with Gasteiger partial charge < -0.3 is 5.32 Å². The monoisotopic (exact) mass is 357 g/mol. The summed E-state index contributed by atoms with van der Waals surface area (Å²) < 4.78 is 0. The average Bonchev–Trinajstić information content (AvgIpc) is 2.46. The number of nitrogens with zero attached hydrogens (tertiary/aromatic N) is 2. The molecular formula is C17H35N5OS. The van der Waals surface area contributed by atoms with Gasteiger partial charge in [0.1, 0.15) is 5.66 Å². The van der Waals surface area contributed by atoms with Crippen LogP contribution in [0.2, 0.25) is 0 Å². The fourth-order valence-corrected chi connectivity index (χ4v) is 2.16. The Balaban J connectivity index is 3.95. The summed E-state index contributed by atoms with van der Waals surface area (Å²) in [7, 11) is 0. The van der Waals surface area contributed by atoms with Crippen LogP contribution in [-0.4, -0.2) is 22.2 Å². The standard InChI is InChI=1S/C17H35N5OS/c1-7-8-9-10-11-12-13-14(23)19-20-15(24)18-17(5,6)22-21-16(2,3)4/h7-13H2,1-6H3,(H,19,23)(H2,18,20,24)/b22-21+. The predicted octanol–water partition coefficient (Wildman–Crippen LogP) is 4.22. The number of amides is 1. The number of thiocarbonyl (C=S) groups is 1. The highest BCUT2D eigenvalue weighted by Gasteiger charge is 2.19. The Morgan fingerprint density at radius 3 is 2.08 bits per heavy atom. The minimum atomic E-state index is -0.638. The van der Waals surface area contributed by atoms with Crippen LogP contribution < -0.4 is 16.2 Å². The van der Waals surface area contributed by atoms with Gasteiger partial charge in [-0.2, -0.15) is 10.2 Å². The second-order valence-corrected chi connectivity index (χ2v) is 7.98. The Morgan fingerprint density at radius 1 is 0.917 bits per heavy atom. The van der Waals surface area contributed by atoms with E-state index < -0.39 is 5.66 Å². The molecule has 0 fully saturated rings. The van der Waals surface area contributed by atoms with Gasteiger partial charge in [-0.25, -0.2) is 0 Å². The molecule has 0 aliphatic rings. The molecule has 6 nitrogen and oxygen atoms in total. The van der Waals surface area contributed by atoms with Crippen LogP contribution in [0, 0.1) is 0 Å². The summed E-state index contributed by atoms with van der Waals surface area (Å²) in [6, 6.07) is 0. The molecule has 0 aromatic heterocycles. The first-order valence-corrected chi connectivity index (χ1v) is 9.27. The maximum Gasteiger partial charge on any atom is 0.238 e. The van der Waals surface area contributed by atoms with Gasteiger partial charge in [0.15, 0.2) is 5.11 Å². The second kappa shape index (κ2) is 11.3. The molecule has 0 radical (unpaired) electrons. The Kier molecular flexibility index (Phi) is 10.8. The number of nitrogens with one attached hydrogen (secondary N) is 3. The van der Waals surface area contributed by atoms with Crippen molar-refractivity contribution >= 4 is 23.2 Å². The number of carbonyl (C=O) groups is 1. The smallest absolute Gasteiger partial charge is 0.238 e. The summed E-state index contributed by atoms with van der Waals surface area (Å²) in [5, 5.41) is 11.8. The van der Waals surface area contributed by atoms with E-state index in [1.807, 2.05) is 34.6 Å². The predicted molar refractivity (Wildman–Crippen MR) is 104 cm³/mol. The summed E-state index contributed by atoms with van der Waals surface area (Å²) in [5.74, 6) is -0.0521. The molecule has 24 heavy (non-hydrogen) atoms. The third-order valence-corrected chi connectivity index (χ3v) is 3.30. The summed E-state index contributed by atoms with van der Waals surface area (Å²) in [6.45, 7) is 11.9. The highest BCUT2D eigenvalue weighted by atomic mass is 32.1. The normalized spacial score (nSPS) is 12.2. The Labute approximate surface area is 152 Å². The third-order valence-electron chi connectivity index (χ3n) is 3.09. The van der Waals surface area contributed by atoms with Crippen molar-refractivity contribution in [1.29, 1.82) is 0 Å². The van der Waals surface area contributed by atoms with Crippen LogP contribution in [0.5, 0.6) is 0 Å². The number of hydrogen-bond donors (Lipinski definition) is 3. The van der Waals surface area contributed by atoms with Crippen molar-refractivity contribution in [3.05, 3.63) is 0 Å². The molecule has 0 rings (SSSR count). The lowest BCUT2D eigenvalue weighted by Crippen LogP contribution is -2.52. The van der Waals surface area contributed by atoms with Gasteiger partial charge in [-0.15, -0.1) is 0 Å². The Hall–Kier alpha value is -1.24. The van der Waals surface area contributed by atoms with Crippen LogP contribution in [0.25, 0.3) is 0 Å². The van der Waals surface area contributed by atoms with Crippen molar-refractivity contribution in [3.8, 4) is 0 Å². The first-order valence-electron chi connectivity index (χ1n) is 8.87. The molecule has 0 aliphatic heterocycles. The number of hydrogen-bond acceptors (Lipinski definition) is 4. The zero-order chi connectivity index (χ0) is 18.6. The zero-order valence-corrected chi connectivity index (χ0v) is 17.0. The lowest BCUT2D eigenvalue weighted by Gasteiger charge is -2.24. The number of carbonyl (C=O) groups excluding carboxylic acids is 1. The lowest BCUT2D eigenvalue weighted by atomic mass is 10.1. The summed E-state index contributed by atoms with van der Waals surface area (Å²) in [6.07, 6.45) is 7.47. The van der Waals surface area contributed by atoms with Crippen LogP contribution in [-0.2, 0) is 4.79 Å². The zero-order valence-electron chi connectivity index (χ0n) is 16.2. The van der Waals surface area contributed by atoms with E-state index in [1.165, 1.54) is 25.7 Å².